The third kappa shape index (κ3) is 2.39. The summed E-state index contributed by atoms with van der Waals surface area (Å²) >= 11 is 1.53. The summed E-state index contributed by atoms with van der Waals surface area (Å²) in [7, 11) is 0. The minimum absolute atomic E-state index is 0.0362. The molecule has 0 saturated heterocycles. The van der Waals surface area contributed by atoms with Crippen LogP contribution in [-0.4, -0.2) is 11.8 Å². The fraction of sp³-hybridized carbons (Fsp3) is 0.571. The van der Waals surface area contributed by atoms with E-state index in [9.17, 15) is 9.59 Å². The molecule has 4 nitrogen and oxygen atoms in total. The molecule has 0 radical (unpaired) electrons. The van der Waals surface area contributed by atoms with E-state index in [0.717, 1.165) is 37.7 Å². The molecule has 2 aliphatic rings. The molecule has 0 unspecified atom stereocenters. The van der Waals surface area contributed by atoms with Gasteiger partial charge in [-0.15, -0.1) is 11.3 Å². The Bertz CT molecular complexity index is 546. The van der Waals surface area contributed by atoms with Gasteiger partial charge in [-0.25, -0.2) is 0 Å². The lowest BCUT2D eigenvalue weighted by atomic mass is 9.87. The third-order valence-electron chi connectivity index (χ3n) is 3.94. The van der Waals surface area contributed by atoms with Gasteiger partial charge in [0.15, 0.2) is 0 Å². The summed E-state index contributed by atoms with van der Waals surface area (Å²) in [6.45, 7) is 2.19. The molecule has 102 valence electrons. The van der Waals surface area contributed by atoms with E-state index in [0.29, 0.717) is 16.5 Å². The van der Waals surface area contributed by atoms with Crippen molar-refractivity contribution >= 4 is 28.2 Å². The summed E-state index contributed by atoms with van der Waals surface area (Å²) in [6.07, 6.45) is 4.94. The molecular weight excluding hydrogens is 260 g/mol. The number of hydrogen-bond donors (Lipinski definition) is 2. The van der Waals surface area contributed by atoms with Crippen LogP contribution in [0.5, 0.6) is 0 Å². The van der Waals surface area contributed by atoms with Crippen molar-refractivity contribution in [2.45, 2.75) is 39.0 Å². The summed E-state index contributed by atoms with van der Waals surface area (Å²) in [5.41, 5.74) is 7.14. The number of fused-ring (bicyclic) bond motifs is 1. The second-order valence-electron chi connectivity index (χ2n) is 5.68. The van der Waals surface area contributed by atoms with Crippen LogP contribution in [0.4, 0.5) is 5.00 Å². The maximum atomic E-state index is 11.9. The minimum Gasteiger partial charge on any atom is -0.365 e. The second kappa shape index (κ2) is 4.63. The molecule has 3 N–H and O–H groups in total. The maximum Gasteiger partial charge on any atom is 0.251 e. The summed E-state index contributed by atoms with van der Waals surface area (Å²) < 4.78 is 0. The maximum absolute atomic E-state index is 11.9. The van der Waals surface area contributed by atoms with Crippen molar-refractivity contribution in [1.29, 1.82) is 0 Å². The van der Waals surface area contributed by atoms with E-state index in [1.807, 2.05) is 0 Å². The Labute approximate surface area is 116 Å². The van der Waals surface area contributed by atoms with Gasteiger partial charge in [0.25, 0.3) is 5.91 Å². The van der Waals surface area contributed by atoms with Crippen LogP contribution in [0.1, 0.15) is 47.0 Å². The smallest absolute Gasteiger partial charge is 0.251 e. The zero-order valence-corrected chi connectivity index (χ0v) is 11.8. The van der Waals surface area contributed by atoms with E-state index in [1.165, 1.54) is 16.2 Å². The Hall–Kier alpha value is -1.36. The van der Waals surface area contributed by atoms with Gasteiger partial charge in [-0.3, -0.25) is 9.59 Å². The molecule has 0 spiro atoms. The van der Waals surface area contributed by atoms with Gasteiger partial charge in [0.05, 0.1) is 5.56 Å². The monoisotopic (exact) mass is 278 g/mol. The number of carbonyl (C=O) groups excluding carboxylic acids is 2. The summed E-state index contributed by atoms with van der Waals surface area (Å²) in [6, 6.07) is 0. The van der Waals surface area contributed by atoms with E-state index in [1.54, 1.807) is 0 Å². The van der Waals surface area contributed by atoms with Crippen molar-refractivity contribution in [3.63, 3.8) is 0 Å². The molecule has 3 rings (SSSR count). The van der Waals surface area contributed by atoms with Gasteiger partial charge in [0, 0.05) is 10.8 Å². The Morgan fingerprint density at radius 1 is 1.32 bits per heavy atom. The molecule has 0 aromatic carbocycles. The van der Waals surface area contributed by atoms with Crippen LogP contribution in [0.25, 0.3) is 0 Å². The summed E-state index contributed by atoms with van der Waals surface area (Å²) in [4.78, 5) is 24.8. The van der Waals surface area contributed by atoms with Crippen molar-refractivity contribution < 1.29 is 9.59 Å². The van der Waals surface area contributed by atoms with Crippen molar-refractivity contribution in [1.82, 2.24) is 0 Å². The first-order valence-electron chi connectivity index (χ1n) is 6.81. The zero-order chi connectivity index (χ0) is 13.6. The quantitative estimate of drug-likeness (QED) is 0.890. The van der Waals surface area contributed by atoms with Crippen LogP contribution in [0.15, 0.2) is 0 Å². The van der Waals surface area contributed by atoms with Gasteiger partial charge in [0.1, 0.15) is 5.00 Å². The molecule has 1 aromatic rings. The van der Waals surface area contributed by atoms with E-state index >= 15 is 0 Å². The largest absolute Gasteiger partial charge is 0.365 e. The average Bonchev–Trinajstić information content (AvgIpc) is 3.11. The Balaban J connectivity index is 1.94. The number of anilines is 1. The topological polar surface area (TPSA) is 72.2 Å². The number of amides is 2. The molecule has 1 heterocycles. The lowest BCUT2D eigenvalue weighted by Gasteiger charge is -2.18. The van der Waals surface area contributed by atoms with Crippen molar-refractivity contribution in [2.24, 2.45) is 17.6 Å². The van der Waals surface area contributed by atoms with Crippen LogP contribution < -0.4 is 11.1 Å². The van der Waals surface area contributed by atoms with Crippen LogP contribution >= 0.6 is 11.3 Å². The molecule has 1 aromatic heterocycles. The molecule has 5 heteroatoms. The van der Waals surface area contributed by atoms with E-state index < -0.39 is 5.91 Å². The molecule has 1 fully saturated rings. The molecule has 0 aliphatic heterocycles. The standard InChI is InChI=1S/C14H18N2O2S/c1-7-2-5-10-9(6-7)11(12(15)17)14(19-10)16-13(18)8-3-4-8/h7-8H,2-6H2,1H3,(H2,15,17)(H,16,18)/t7-/m1/s1. The van der Waals surface area contributed by atoms with Crippen LogP contribution in [0.2, 0.25) is 0 Å². The van der Waals surface area contributed by atoms with Gasteiger partial charge >= 0.3 is 0 Å². The number of primary amides is 1. The van der Waals surface area contributed by atoms with Crippen molar-refractivity contribution in [3.05, 3.63) is 16.0 Å². The average molecular weight is 278 g/mol. The molecule has 19 heavy (non-hydrogen) atoms. The lowest BCUT2D eigenvalue weighted by molar-refractivity contribution is -0.117. The van der Waals surface area contributed by atoms with E-state index in [4.69, 9.17) is 5.73 Å². The molecule has 0 bridgehead atoms. The number of thiophene rings is 1. The van der Waals surface area contributed by atoms with Gasteiger partial charge in [-0.05, 0) is 43.6 Å². The Morgan fingerprint density at radius 2 is 2.05 bits per heavy atom. The number of rotatable bonds is 3. The molecule has 2 amide bonds. The zero-order valence-electron chi connectivity index (χ0n) is 11.0. The third-order valence-corrected chi connectivity index (χ3v) is 5.15. The summed E-state index contributed by atoms with van der Waals surface area (Å²) in [5, 5.41) is 3.57. The van der Waals surface area contributed by atoms with Gasteiger partial charge < -0.3 is 11.1 Å². The number of nitrogens with two attached hydrogens (primary N) is 1. The van der Waals surface area contributed by atoms with Gasteiger partial charge in [-0.2, -0.15) is 0 Å². The predicted octanol–water partition coefficient (Wildman–Crippen LogP) is 2.32. The highest BCUT2D eigenvalue weighted by atomic mass is 32.1. The fourth-order valence-electron chi connectivity index (χ4n) is 2.67. The summed E-state index contributed by atoms with van der Waals surface area (Å²) in [5.74, 6) is 0.331. The highest BCUT2D eigenvalue weighted by Gasteiger charge is 2.32. The van der Waals surface area contributed by atoms with Gasteiger partial charge in [0.2, 0.25) is 5.91 Å². The first kappa shape index (κ1) is 12.7. The number of aryl methyl sites for hydroxylation is 1. The van der Waals surface area contributed by atoms with Crippen molar-refractivity contribution in [2.75, 3.05) is 5.32 Å². The first-order chi connectivity index (χ1) is 9.06. The van der Waals surface area contributed by atoms with Crippen LogP contribution in [0.3, 0.4) is 0 Å². The van der Waals surface area contributed by atoms with Gasteiger partial charge in [-0.1, -0.05) is 6.92 Å². The number of nitrogens with one attached hydrogen (secondary N) is 1. The molecular formula is C14H18N2O2S. The molecule has 1 atom stereocenters. The number of hydrogen-bond acceptors (Lipinski definition) is 3. The molecule has 2 aliphatic carbocycles. The van der Waals surface area contributed by atoms with E-state index in [2.05, 4.69) is 12.2 Å². The highest BCUT2D eigenvalue weighted by Crippen LogP contribution is 2.40. The highest BCUT2D eigenvalue weighted by molar-refractivity contribution is 7.17. The normalized spacial score (nSPS) is 21.8. The van der Waals surface area contributed by atoms with Crippen LogP contribution in [-0.2, 0) is 17.6 Å². The van der Waals surface area contributed by atoms with Crippen molar-refractivity contribution in [3.8, 4) is 0 Å². The first-order valence-corrected chi connectivity index (χ1v) is 7.63. The Kier molecular flexibility index (Phi) is 3.09. The fourth-order valence-corrected chi connectivity index (χ4v) is 3.92. The number of carbonyl (C=O) groups is 2. The van der Waals surface area contributed by atoms with Crippen LogP contribution in [0, 0.1) is 11.8 Å². The Morgan fingerprint density at radius 3 is 2.68 bits per heavy atom. The van der Waals surface area contributed by atoms with E-state index in [-0.39, 0.29) is 11.8 Å². The SMILES string of the molecule is C[C@@H]1CCc2sc(NC(=O)C3CC3)c(C(N)=O)c2C1. The lowest BCUT2D eigenvalue weighted by Crippen LogP contribution is -2.20. The molecule has 1 saturated carbocycles. The second-order valence-corrected chi connectivity index (χ2v) is 6.79. The minimum atomic E-state index is -0.419. The predicted molar refractivity (Wildman–Crippen MR) is 75.4 cm³/mol.